The summed E-state index contributed by atoms with van der Waals surface area (Å²) in [5.41, 5.74) is 4.53. The van der Waals surface area contributed by atoms with Crippen LogP contribution in [0.4, 0.5) is 5.69 Å². The number of halogens is 1. The molecule has 2 N–H and O–H groups in total. The lowest BCUT2D eigenvalue weighted by Gasteiger charge is -2.29. The number of hydrogen-bond donors (Lipinski definition) is 2. The zero-order chi connectivity index (χ0) is 26.2. The summed E-state index contributed by atoms with van der Waals surface area (Å²) in [6.07, 6.45) is 0. The Labute approximate surface area is 220 Å². The second-order valence-electron chi connectivity index (χ2n) is 8.26. The second kappa shape index (κ2) is 12.6. The molecule has 1 aliphatic heterocycles. The predicted octanol–water partition coefficient (Wildman–Crippen LogP) is 5.21. The first-order valence-corrected chi connectivity index (χ1v) is 12.7. The van der Waals surface area contributed by atoms with Gasteiger partial charge in [-0.05, 0) is 44.0 Å². The molecule has 9 heteroatoms. The molecule has 1 amide bonds. The lowest BCUT2D eigenvalue weighted by molar-refractivity contribution is -0.140. The van der Waals surface area contributed by atoms with Crippen molar-refractivity contribution in [3.8, 4) is 6.07 Å². The van der Waals surface area contributed by atoms with E-state index in [0.717, 1.165) is 16.8 Å². The average molecular weight is 526 g/mol. The van der Waals surface area contributed by atoms with Gasteiger partial charge in [0.05, 0.1) is 40.5 Å². The minimum absolute atomic E-state index is 0.0664. The Bertz CT molecular complexity index is 1270. The molecule has 0 aromatic heterocycles. The number of esters is 1. The van der Waals surface area contributed by atoms with Crippen molar-refractivity contribution in [2.75, 3.05) is 31.4 Å². The number of benzene rings is 2. The Balaban J connectivity index is 1.89. The van der Waals surface area contributed by atoms with Crippen molar-refractivity contribution in [3.63, 3.8) is 0 Å². The number of ether oxygens (including phenoxy) is 2. The van der Waals surface area contributed by atoms with Crippen LogP contribution in [0.1, 0.15) is 29.5 Å². The van der Waals surface area contributed by atoms with Gasteiger partial charge in [0.15, 0.2) is 0 Å². The minimum Gasteiger partial charge on any atom is -0.460 e. The number of dihydropyridines is 1. The molecule has 7 nitrogen and oxygen atoms in total. The van der Waals surface area contributed by atoms with E-state index in [9.17, 15) is 14.9 Å². The summed E-state index contributed by atoms with van der Waals surface area (Å²) >= 11 is 7.69. The van der Waals surface area contributed by atoms with Crippen LogP contribution in [0.25, 0.3) is 0 Å². The van der Waals surface area contributed by atoms with Crippen molar-refractivity contribution in [2.24, 2.45) is 0 Å². The highest BCUT2D eigenvalue weighted by Crippen LogP contribution is 2.43. The molecule has 0 saturated heterocycles. The lowest BCUT2D eigenvalue weighted by Crippen LogP contribution is -2.30. The number of rotatable bonds is 9. The summed E-state index contributed by atoms with van der Waals surface area (Å²) in [5, 5.41) is 17.1. The van der Waals surface area contributed by atoms with Crippen molar-refractivity contribution in [1.82, 2.24) is 5.32 Å². The second-order valence-corrected chi connectivity index (χ2v) is 9.65. The number of amides is 1. The molecule has 0 fully saturated rings. The monoisotopic (exact) mass is 525 g/mol. The number of aryl methyl sites for hydroxylation is 2. The SMILES string of the molecule is COCCOC(=O)C1=C(C)NC(SCC(=O)Nc2ccc(C)cc2C)=C(C#N)[C@H]1c1ccccc1Cl. The molecule has 36 heavy (non-hydrogen) atoms. The van der Waals surface area contributed by atoms with Gasteiger partial charge in [-0.25, -0.2) is 4.79 Å². The summed E-state index contributed by atoms with van der Waals surface area (Å²) in [6.45, 7) is 5.99. The van der Waals surface area contributed by atoms with Crippen LogP contribution in [0.3, 0.4) is 0 Å². The predicted molar refractivity (Wildman–Crippen MR) is 143 cm³/mol. The van der Waals surface area contributed by atoms with Gasteiger partial charge in [-0.1, -0.05) is 59.3 Å². The van der Waals surface area contributed by atoms with Crippen molar-refractivity contribution in [1.29, 1.82) is 5.26 Å². The third-order valence-corrected chi connectivity index (χ3v) is 6.97. The standard InChI is InChI=1S/C27H28ClN3O4S/c1-16-9-10-22(17(2)13-16)31-23(32)15-36-26-20(14-29)25(19-7-5-6-8-21(19)28)24(18(3)30-26)27(33)35-12-11-34-4/h5-10,13,25,30H,11-12,15H2,1-4H3,(H,31,32)/t25-/m1/s1. The maximum atomic E-state index is 13.1. The van der Waals surface area contributed by atoms with Crippen LogP contribution in [-0.4, -0.2) is 38.0 Å². The number of carbonyl (C=O) groups excluding carboxylic acids is 2. The number of anilines is 1. The van der Waals surface area contributed by atoms with Crippen molar-refractivity contribution < 1.29 is 19.1 Å². The molecule has 0 unspecified atom stereocenters. The van der Waals surface area contributed by atoms with Crippen LogP contribution in [0.15, 0.2) is 64.3 Å². The highest BCUT2D eigenvalue weighted by molar-refractivity contribution is 8.03. The van der Waals surface area contributed by atoms with Crippen LogP contribution in [0.5, 0.6) is 0 Å². The smallest absolute Gasteiger partial charge is 0.336 e. The number of nitrogens with zero attached hydrogens (tertiary/aromatic N) is 1. The highest BCUT2D eigenvalue weighted by Gasteiger charge is 2.36. The van der Waals surface area contributed by atoms with Gasteiger partial charge in [0.1, 0.15) is 6.61 Å². The fraction of sp³-hybridized carbons (Fsp3) is 0.296. The number of nitriles is 1. The van der Waals surface area contributed by atoms with E-state index in [1.54, 1.807) is 31.2 Å². The molecule has 0 aliphatic carbocycles. The zero-order valence-corrected chi connectivity index (χ0v) is 22.2. The quantitative estimate of drug-likeness (QED) is 0.342. The number of thioether (sulfide) groups is 1. The normalized spacial score (nSPS) is 15.3. The number of methoxy groups -OCH3 is 1. The van der Waals surface area contributed by atoms with Gasteiger partial charge >= 0.3 is 5.97 Å². The maximum Gasteiger partial charge on any atom is 0.336 e. The molecule has 2 aromatic rings. The first kappa shape index (κ1) is 27.3. The number of hydrogen-bond acceptors (Lipinski definition) is 7. The van der Waals surface area contributed by atoms with E-state index in [4.69, 9.17) is 21.1 Å². The van der Waals surface area contributed by atoms with E-state index in [1.165, 1.54) is 18.9 Å². The first-order chi connectivity index (χ1) is 17.3. The molecule has 0 bridgehead atoms. The van der Waals surface area contributed by atoms with Crippen molar-refractivity contribution in [2.45, 2.75) is 26.7 Å². The van der Waals surface area contributed by atoms with E-state index < -0.39 is 11.9 Å². The third kappa shape index (κ3) is 6.49. The average Bonchev–Trinajstić information content (AvgIpc) is 2.84. The number of allylic oxidation sites excluding steroid dienone is 2. The Morgan fingerprint density at radius 2 is 1.92 bits per heavy atom. The van der Waals surface area contributed by atoms with Crippen LogP contribution in [0, 0.1) is 25.2 Å². The van der Waals surface area contributed by atoms with Gasteiger partial charge in [-0.2, -0.15) is 5.26 Å². The molecule has 0 saturated carbocycles. The molecule has 188 valence electrons. The van der Waals surface area contributed by atoms with Gasteiger partial charge in [-0.15, -0.1) is 0 Å². The largest absolute Gasteiger partial charge is 0.460 e. The summed E-state index contributed by atoms with van der Waals surface area (Å²) in [4.78, 5) is 25.8. The Hall–Kier alpha value is -3.25. The van der Waals surface area contributed by atoms with Gasteiger partial charge in [0.25, 0.3) is 0 Å². The van der Waals surface area contributed by atoms with E-state index in [-0.39, 0.29) is 30.4 Å². The van der Waals surface area contributed by atoms with E-state index in [2.05, 4.69) is 16.7 Å². The highest BCUT2D eigenvalue weighted by atomic mass is 35.5. The Kier molecular flexibility index (Phi) is 9.59. The van der Waals surface area contributed by atoms with Gasteiger partial charge in [0, 0.05) is 23.5 Å². The molecule has 0 spiro atoms. The topological polar surface area (TPSA) is 100 Å². The zero-order valence-electron chi connectivity index (χ0n) is 20.6. The van der Waals surface area contributed by atoms with E-state index in [1.807, 2.05) is 32.0 Å². The van der Waals surface area contributed by atoms with E-state index in [0.29, 0.717) is 26.9 Å². The van der Waals surface area contributed by atoms with Crippen LogP contribution in [0.2, 0.25) is 5.02 Å². The van der Waals surface area contributed by atoms with Crippen LogP contribution < -0.4 is 10.6 Å². The van der Waals surface area contributed by atoms with Crippen molar-refractivity contribution >= 4 is 40.9 Å². The first-order valence-electron chi connectivity index (χ1n) is 11.3. The number of carbonyl (C=O) groups is 2. The van der Waals surface area contributed by atoms with E-state index >= 15 is 0 Å². The van der Waals surface area contributed by atoms with Crippen LogP contribution >= 0.6 is 23.4 Å². The fourth-order valence-electron chi connectivity index (χ4n) is 3.89. The summed E-state index contributed by atoms with van der Waals surface area (Å²) < 4.78 is 10.4. The molecule has 0 radical (unpaired) electrons. The van der Waals surface area contributed by atoms with Crippen molar-refractivity contribution in [3.05, 3.63) is 86.0 Å². The summed E-state index contributed by atoms with van der Waals surface area (Å²) in [5.74, 6) is -1.45. The maximum absolute atomic E-state index is 13.1. The molecule has 1 atom stereocenters. The molecule has 1 heterocycles. The minimum atomic E-state index is -0.745. The van der Waals surface area contributed by atoms with Gasteiger partial charge in [0.2, 0.25) is 5.91 Å². The van der Waals surface area contributed by atoms with Gasteiger partial charge < -0.3 is 20.1 Å². The summed E-state index contributed by atoms with van der Waals surface area (Å²) in [7, 11) is 1.52. The molecular weight excluding hydrogens is 498 g/mol. The van der Waals surface area contributed by atoms with Crippen LogP contribution in [-0.2, 0) is 19.1 Å². The van der Waals surface area contributed by atoms with Gasteiger partial charge in [-0.3, -0.25) is 4.79 Å². The fourth-order valence-corrected chi connectivity index (χ4v) is 5.03. The molecule has 2 aromatic carbocycles. The molecule has 1 aliphatic rings. The Morgan fingerprint density at radius 3 is 2.58 bits per heavy atom. The Morgan fingerprint density at radius 1 is 1.17 bits per heavy atom. The molecule has 3 rings (SSSR count). The molecular formula is C27H28ClN3O4S. The lowest BCUT2D eigenvalue weighted by atomic mass is 9.82. The third-order valence-electron chi connectivity index (χ3n) is 5.61. The number of nitrogens with one attached hydrogen (secondary N) is 2. The summed E-state index contributed by atoms with van der Waals surface area (Å²) in [6, 6.07) is 15.1.